The Morgan fingerprint density at radius 2 is 1.67 bits per heavy atom. The molecule has 0 fully saturated rings. The standard InChI is InChI=1S/C22H21N3O5/c1-15(22(26)24-20-14-17(25(27)28)10-13-21(20)29-2)23-16-8-11-19(12-9-16)30-18-6-4-3-5-7-18/h3-15,23H,1-2H3,(H,24,26). The molecular weight excluding hydrogens is 386 g/mol. The lowest BCUT2D eigenvalue weighted by Crippen LogP contribution is -2.32. The molecule has 1 amide bonds. The lowest BCUT2D eigenvalue weighted by atomic mass is 10.2. The minimum atomic E-state index is -0.602. The Balaban J connectivity index is 1.63. The van der Waals surface area contributed by atoms with E-state index in [1.54, 1.807) is 31.2 Å². The van der Waals surface area contributed by atoms with Gasteiger partial charge in [-0.25, -0.2) is 0 Å². The SMILES string of the molecule is COc1ccc([N+](=O)[O-])cc1NC(=O)C(C)Nc1ccc(Oc2ccccc2)cc1. The molecule has 0 aliphatic heterocycles. The van der Waals surface area contributed by atoms with E-state index in [1.807, 2.05) is 30.3 Å². The van der Waals surface area contributed by atoms with Gasteiger partial charge >= 0.3 is 0 Å². The summed E-state index contributed by atoms with van der Waals surface area (Å²) in [5, 5.41) is 16.7. The van der Waals surface area contributed by atoms with Crippen LogP contribution in [-0.2, 0) is 4.79 Å². The van der Waals surface area contributed by atoms with Gasteiger partial charge < -0.3 is 20.1 Å². The fraction of sp³-hybridized carbons (Fsp3) is 0.136. The molecule has 8 heteroatoms. The third-order valence-corrected chi connectivity index (χ3v) is 4.26. The summed E-state index contributed by atoms with van der Waals surface area (Å²) >= 11 is 0. The largest absolute Gasteiger partial charge is 0.495 e. The first-order valence-electron chi connectivity index (χ1n) is 9.19. The molecule has 30 heavy (non-hydrogen) atoms. The highest BCUT2D eigenvalue weighted by atomic mass is 16.6. The Morgan fingerprint density at radius 1 is 1.00 bits per heavy atom. The Bertz CT molecular complexity index is 1020. The second-order valence-corrected chi connectivity index (χ2v) is 6.44. The van der Waals surface area contributed by atoms with Crippen LogP contribution in [-0.4, -0.2) is 24.0 Å². The first kappa shape index (κ1) is 20.7. The maximum absolute atomic E-state index is 12.6. The summed E-state index contributed by atoms with van der Waals surface area (Å²) in [4.78, 5) is 23.0. The van der Waals surface area contributed by atoms with Crippen LogP contribution in [0.4, 0.5) is 17.1 Å². The quantitative estimate of drug-likeness (QED) is 0.409. The van der Waals surface area contributed by atoms with Crippen molar-refractivity contribution in [3.8, 4) is 17.2 Å². The van der Waals surface area contributed by atoms with E-state index in [2.05, 4.69) is 10.6 Å². The number of benzene rings is 3. The predicted molar refractivity (Wildman–Crippen MR) is 114 cm³/mol. The van der Waals surface area contributed by atoms with Gasteiger partial charge in [0.25, 0.3) is 5.69 Å². The molecule has 8 nitrogen and oxygen atoms in total. The predicted octanol–water partition coefficient (Wildman–Crippen LogP) is 4.83. The van der Waals surface area contributed by atoms with Crippen molar-refractivity contribution < 1.29 is 19.2 Å². The lowest BCUT2D eigenvalue weighted by Gasteiger charge is -2.17. The van der Waals surface area contributed by atoms with Gasteiger partial charge in [0.2, 0.25) is 5.91 Å². The number of nitro groups is 1. The van der Waals surface area contributed by atoms with Gasteiger partial charge in [0, 0.05) is 17.8 Å². The molecular formula is C22H21N3O5. The molecule has 2 N–H and O–H groups in total. The molecule has 3 rings (SSSR count). The zero-order valence-corrected chi connectivity index (χ0v) is 16.5. The molecule has 1 atom stereocenters. The van der Waals surface area contributed by atoms with Crippen molar-refractivity contribution in [2.75, 3.05) is 17.7 Å². The number of anilines is 2. The van der Waals surface area contributed by atoms with E-state index < -0.39 is 11.0 Å². The van der Waals surface area contributed by atoms with Gasteiger partial charge in [-0.15, -0.1) is 0 Å². The number of ether oxygens (including phenoxy) is 2. The number of carbonyl (C=O) groups excluding carboxylic acids is 1. The first-order chi connectivity index (χ1) is 14.5. The number of nitrogens with one attached hydrogen (secondary N) is 2. The zero-order chi connectivity index (χ0) is 21.5. The van der Waals surface area contributed by atoms with E-state index in [9.17, 15) is 14.9 Å². The number of nitro benzene ring substituents is 1. The molecule has 0 aliphatic carbocycles. The van der Waals surface area contributed by atoms with Crippen LogP contribution in [0.15, 0.2) is 72.8 Å². The molecule has 0 saturated carbocycles. The van der Waals surface area contributed by atoms with Crippen LogP contribution >= 0.6 is 0 Å². The van der Waals surface area contributed by atoms with Crippen LogP contribution in [0.3, 0.4) is 0 Å². The molecule has 0 bridgehead atoms. The molecule has 3 aromatic carbocycles. The highest BCUT2D eigenvalue weighted by Gasteiger charge is 2.17. The van der Waals surface area contributed by atoms with Gasteiger partial charge in [-0.3, -0.25) is 14.9 Å². The van der Waals surface area contributed by atoms with Crippen LogP contribution in [0.5, 0.6) is 17.2 Å². The molecule has 1 unspecified atom stereocenters. The van der Waals surface area contributed by atoms with Crippen molar-refractivity contribution >= 4 is 23.0 Å². The van der Waals surface area contributed by atoms with Crippen LogP contribution in [0.2, 0.25) is 0 Å². The van der Waals surface area contributed by atoms with Crippen molar-refractivity contribution in [2.45, 2.75) is 13.0 Å². The topological polar surface area (TPSA) is 103 Å². The molecule has 0 saturated heterocycles. The monoisotopic (exact) mass is 407 g/mol. The average Bonchev–Trinajstić information content (AvgIpc) is 2.75. The highest BCUT2D eigenvalue weighted by Crippen LogP contribution is 2.29. The maximum atomic E-state index is 12.6. The Kier molecular flexibility index (Phi) is 6.49. The highest BCUT2D eigenvalue weighted by molar-refractivity contribution is 5.97. The number of non-ortho nitro benzene ring substituents is 1. The first-order valence-corrected chi connectivity index (χ1v) is 9.19. The molecule has 0 aromatic heterocycles. The van der Waals surface area contributed by atoms with Crippen LogP contribution in [0, 0.1) is 10.1 Å². The number of para-hydroxylation sites is 1. The Morgan fingerprint density at radius 3 is 2.30 bits per heavy atom. The van der Waals surface area contributed by atoms with Crippen molar-refractivity contribution in [1.29, 1.82) is 0 Å². The fourth-order valence-corrected chi connectivity index (χ4v) is 2.71. The van der Waals surface area contributed by atoms with Gasteiger partial charge in [0.1, 0.15) is 23.3 Å². The number of amides is 1. The summed E-state index contributed by atoms with van der Waals surface area (Å²) < 4.78 is 10.9. The van der Waals surface area contributed by atoms with Gasteiger partial charge in [0.15, 0.2) is 0 Å². The van der Waals surface area contributed by atoms with Crippen molar-refractivity contribution in [1.82, 2.24) is 0 Å². The third kappa shape index (κ3) is 5.26. The van der Waals surface area contributed by atoms with Crippen LogP contribution < -0.4 is 20.1 Å². The van der Waals surface area contributed by atoms with Gasteiger partial charge in [-0.1, -0.05) is 18.2 Å². The molecule has 0 aliphatic rings. The van der Waals surface area contributed by atoms with Crippen LogP contribution in [0.25, 0.3) is 0 Å². The van der Waals surface area contributed by atoms with Crippen molar-refractivity contribution in [2.24, 2.45) is 0 Å². The van der Waals surface area contributed by atoms with Gasteiger partial charge in [-0.2, -0.15) is 0 Å². The van der Waals surface area contributed by atoms with E-state index in [0.29, 0.717) is 11.5 Å². The van der Waals surface area contributed by atoms with Crippen LogP contribution in [0.1, 0.15) is 6.92 Å². The van der Waals surface area contributed by atoms with Gasteiger partial charge in [0.05, 0.1) is 17.7 Å². The number of nitrogens with zero attached hydrogens (tertiary/aromatic N) is 1. The molecule has 0 spiro atoms. The van der Waals surface area contributed by atoms with E-state index in [1.165, 1.54) is 25.3 Å². The number of methoxy groups -OCH3 is 1. The normalized spacial score (nSPS) is 11.3. The number of hydrogen-bond acceptors (Lipinski definition) is 6. The second kappa shape index (κ2) is 9.42. The fourth-order valence-electron chi connectivity index (χ4n) is 2.71. The minimum absolute atomic E-state index is 0.138. The maximum Gasteiger partial charge on any atom is 0.271 e. The van der Waals surface area contributed by atoms with E-state index in [-0.39, 0.29) is 17.3 Å². The molecule has 0 heterocycles. The van der Waals surface area contributed by atoms with Crippen molar-refractivity contribution in [3.05, 3.63) is 82.9 Å². The lowest BCUT2D eigenvalue weighted by molar-refractivity contribution is -0.384. The summed E-state index contributed by atoms with van der Waals surface area (Å²) in [7, 11) is 1.43. The minimum Gasteiger partial charge on any atom is -0.495 e. The summed E-state index contributed by atoms with van der Waals surface area (Å²) in [5.74, 6) is 1.38. The van der Waals surface area contributed by atoms with E-state index >= 15 is 0 Å². The molecule has 0 radical (unpaired) electrons. The Labute approximate surface area is 173 Å². The van der Waals surface area contributed by atoms with E-state index in [4.69, 9.17) is 9.47 Å². The third-order valence-electron chi connectivity index (χ3n) is 4.26. The summed E-state index contributed by atoms with van der Waals surface area (Å²) in [6, 6.07) is 20.0. The molecule has 154 valence electrons. The summed E-state index contributed by atoms with van der Waals surface area (Å²) in [6.45, 7) is 1.69. The summed E-state index contributed by atoms with van der Waals surface area (Å²) in [6.07, 6.45) is 0. The number of carbonyl (C=O) groups is 1. The summed E-state index contributed by atoms with van der Waals surface area (Å²) in [5.41, 5.74) is 0.821. The molecule has 3 aromatic rings. The smallest absolute Gasteiger partial charge is 0.271 e. The van der Waals surface area contributed by atoms with E-state index in [0.717, 1.165) is 11.4 Å². The van der Waals surface area contributed by atoms with Gasteiger partial charge in [-0.05, 0) is 49.4 Å². The zero-order valence-electron chi connectivity index (χ0n) is 16.5. The number of hydrogen-bond donors (Lipinski definition) is 2. The second-order valence-electron chi connectivity index (χ2n) is 6.44. The number of rotatable bonds is 8. The average molecular weight is 407 g/mol. The Hall–Kier alpha value is -4.07. The van der Waals surface area contributed by atoms with Crippen molar-refractivity contribution in [3.63, 3.8) is 0 Å².